The molecular formula is C28H40FN7O4. The van der Waals surface area contributed by atoms with Crippen LogP contribution < -0.4 is 25.8 Å². The molecule has 3 N–H and O–H groups in total. The number of nitrogens with one attached hydrogen (secondary N) is 3. The van der Waals surface area contributed by atoms with Crippen molar-refractivity contribution in [3.63, 3.8) is 0 Å². The number of alkyl carbamates (subject to hydrolysis) is 1. The van der Waals surface area contributed by atoms with E-state index in [-0.39, 0.29) is 36.7 Å². The lowest BCUT2D eigenvalue weighted by molar-refractivity contribution is -0.124. The predicted octanol–water partition coefficient (Wildman–Crippen LogP) is 3.33. The molecule has 12 heteroatoms. The summed E-state index contributed by atoms with van der Waals surface area (Å²) in [5.74, 6) is -1.23. The van der Waals surface area contributed by atoms with Crippen LogP contribution in [0.1, 0.15) is 44.6 Å². The number of nitrogens with zero attached hydrogens (tertiary/aromatic N) is 4. The minimum absolute atomic E-state index is 0.00333. The molecule has 0 spiro atoms. The highest BCUT2D eigenvalue weighted by Gasteiger charge is 2.28. The number of rotatable bonds is 12. The molecule has 40 heavy (non-hydrogen) atoms. The zero-order chi connectivity index (χ0) is 28.3. The third-order valence-corrected chi connectivity index (χ3v) is 7.59. The van der Waals surface area contributed by atoms with Crippen LogP contribution in [0.3, 0.4) is 0 Å². The minimum Gasteiger partial charge on any atom is -0.467 e. The van der Waals surface area contributed by atoms with E-state index in [9.17, 15) is 9.59 Å². The van der Waals surface area contributed by atoms with Gasteiger partial charge in [-0.25, -0.2) is 4.79 Å². The average Bonchev–Trinajstić information content (AvgIpc) is 3.51. The van der Waals surface area contributed by atoms with Crippen molar-refractivity contribution in [3.05, 3.63) is 41.7 Å². The summed E-state index contributed by atoms with van der Waals surface area (Å²) >= 11 is 0. The molecule has 218 valence electrons. The van der Waals surface area contributed by atoms with Gasteiger partial charge >= 0.3 is 12.1 Å². The van der Waals surface area contributed by atoms with Crippen molar-refractivity contribution in [1.82, 2.24) is 25.6 Å². The maximum absolute atomic E-state index is 15.5. The van der Waals surface area contributed by atoms with Crippen LogP contribution in [-0.2, 0) is 16.1 Å². The number of amides is 2. The Bertz CT molecular complexity index is 1110. The lowest BCUT2D eigenvalue weighted by Crippen LogP contribution is -2.47. The number of ether oxygens (including phenoxy) is 2. The Morgan fingerprint density at radius 2 is 1.82 bits per heavy atom. The molecule has 1 saturated carbocycles. The SMILES string of the molecule is CCN1CCN(c2nc(OC)nc(NNC(=O)[C@@H](CNC(=O)OCc3ccccc3)CC3CCCC3)c2F)CC1. The smallest absolute Gasteiger partial charge is 0.407 e. The Hall–Kier alpha value is -3.67. The topological polar surface area (TPSA) is 121 Å². The van der Waals surface area contributed by atoms with Gasteiger partial charge in [0.05, 0.1) is 13.0 Å². The van der Waals surface area contributed by atoms with Crippen LogP contribution in [0.25, 0.3) is 0 Å². The number of likely N-dealkylation sites (N-methyl/N-ethyl adjacent to an activating group) is 1. The van der Waals surface area contributed by atoms with Crippen molar-refractivity contribution >= 4 is 23.6 Å². The van der Waals surface area contributed by atoms with E-state index in [1.165, 1.54) is 7.11 Å². The average molecular weight is 558 g/mol. The molecule has 2 aliphatic rings. The highest BCUT2D eigenvalue weighted by molar-refractivity contribution is 5.81. The molecule has 1 aliphatic heterocycles. The molecule has 1 aromatic heterocycles. The second-order valence-electron chi connectivity index (χ2n) is 10.3. The van der Waals surface area contributed by atoms with Crippen molar-refractivity contribution in [2.75, 3.05) is 56.7 Å². The quantitative estimate of drug-likeness (QED) is 0.338. The lowest BCUT2D eigenvalue weighted by Gasteiger charge is -2.35. The molecule has 0 unspecified atom stereocenters. The summed E-state index contributed by atoms with van der Waals surface area (Å²) in [6.45, 7) is 6.09. The molecule has 1 aromatic carbocycles. The summed E-state index contributed by atoms with van der Waals surface area (Å²) in [7, 11) is 1.41. The van der Waals surface area contributed by atoms with E-state index in [0.717, 1.165) is 50.9 Å². The summed E-state index contributed by atoms with van der Waals surface area (Å²) in [4.78, 5) is 38.0. The van der Waals surface area contributed by atoms with Gasteiger partial charge in [-0.15, -0.1) is 0 Å². The molecular weight excluding hydrogens is 517 g/mol. The molecule has 0 bridgehead atoms. The summed E-state index contributed by atoms with van der Waals surface area (Å²) in [6, 6.07) is 9.37. The summed E-state index contributed by atoms with van der Waals surface area (Å²) < 4.78 is 26.0. The van der Waals surface area contributed by atoms with Crippen LogP contribution in [0, 0.1) is 17.7 Å². The monoisotopic (exact) mass is 557 g/mol. The Morgan fingerprint density at radius 3 is 2.50 bits per heavy atom. The molecule has 1 aliphatic carbocycles. The Kier molecular flexibility index (Phi) is 10.7. The van der Waals surface area contributed by atoms with Crippen LogP contribution in [0.5, 0.6) is 6.01 Å². The largest absolute Gasteiger partial charge is 0.467 e. The van der Waals surface area contributed by atoms with Crippen LogP contribution in [0.4, 0.5) is 20.8 Å². The van der Waals surface area contributed by atoms with Gasteiger partial charge in [0.1, 0.15) is 6.61 Å². The third-order valence-electron chi connectivity index (χ3n) is 7.59. The number of benzene rings is 1. The van der Waals surface area contributed by atoms with Crippen LogP contribution in [-0.4, -0.2) is 73.2 Å². The minimum atomic E-state index is -0.666. The van der Waals surface area contributed by atoms with Gasteiger partial charge in [0.15, 0.2) is 11.6 Å². The number of aromatic nitrogens is 2. The highest BCUT2D eigenvalue weighted by Crippen LogP contribution is 2.30. The van der Waals surface area contributed by atoms with Gasteiger partial charge in [0, 0.05) is 32.7 Å². The summed E-state index contributed by atoms with van der Waals surface area (Å²) in [5, 5.41) is 2.72. The lowest BCUT2D eigenvalue weighted by atomic mass is 9.92. The van der Waals surface area contributed by atoms with E-state index in [4.69, 9.17) is 9.47 Å². The Labute approximate surface area is 234 Å². The van der Waals surface area contributed by atoms with Crippen molar-refractivity contribution in [3.8, 4) is 6.01 Å². The fourth-order valence-electron chi connectivity index (χ4n) is 5.21. The number of hydrogen-bond donors (Lipinski definition) is 3. The molecule has 2 fully saturated rings. The van der Waals surface area contributed by atoms with Gasteiger partial charge in [0.2, 0.25) is 11.7 Å². The number of hydrazine groups is 1. The van der Waals surface area contributed by atoms with Gasteiger partial charge in [-0.3, -0.25) is 15.6 Å². The number of methoxy groups -OCH3 is 1. The molecule has 11 nitrogen and oxygen atoms in total. The van der Waals surface area contributed by atoms with Gasteiger partial charge in [0.25, 0.3) is 0 Å². The first kappa shape index (κ1) is 29.3. The summed E-state index contributed by atoms with van der Waals surface area (Å²) in [5.41, 5.74) is 6.11. The first-order chi connectivity index (χ1) is 19.5. The number of anilines is 2. The first-order valence-electron chi connectivity index (χ1n) is 14.1. The fourth-order valence-corrected chi connectivity index (χ4v) is 5.21. The molecule has 0 radical (unpaired) electrons. The molecule has 2 amide bonds. The van der Waals surface area contributed by atoms with E-state index in [0.29, 0.717) is 25.4 Å². The van der Waals surface area contributed by atoms with Crippen LogP contribution in [0.2, 0.25) is 0 Å². The van der Waals surface area contributed by atoms with Crippen LogP contribution in [0.15, 0.2) is 30.3 Å². The van der Waals surface area contributed by atoms with E-state index >= 15 is 4.39 Å². The fraction of sp³-hybridized carbons (Fsp3) is 0.571. The molecule has 2 heterocycles. The van der Waals surface area contributed by atoms with Crippen molar-refractivity contribution in [2.24, 2.45) is 11.8 Å². The highest BCUT2D eigenvalue weighted by atomic mass is 19.1. The standard InChI is InChI=1S/C28H40FN7O4/c1-3-35-13-15-36(16-14-35)25-23(29)24(31-27(32-25)39-2)33-34-26(37)22(17-20-9-7-8-10-20)18-30-28(38)40-19-21-11-5-4-6-12-21/h4-6,11-12,20,22H,3,7-10,13-19H2,1-2H3,(H,30,38)(H,34,37)(H,31,32,33)/t22-/m1/s1. The number of halogens is 1. The maximum Gasteiger partial charge on any atom is 0.407 e. The molecule has 1 atom stereocenters. The molecule has 1 saturated heterocycles. The Balaban J connectivity index is 1.37. The zero-order valence-electron chi connectivity index (χ0n) is 23.3. The second-order valence-corrected chi connectivity index (χ2v) is 10.3. The Morgan fingerprint density at radius 1 is 1.10 bits per heavy atom. The second kappa shape index (κ2) is 14.6. The van der Waals surface area contributed by atoms with Crippen molar-refractivity contribution in [1.29, 1.82) is 0 Å². The van der Waals surface area contributed by atoms with E-state index in [2.05, 4.69) is 38.0 Å². The van der Waals surface area contributed by atoms with E-state index < -0.39 is 17.8 Å². The van der Waals surface area contributed by atoms with Gasteiger partial charge < -0.3 is 24.6 Å². The number of carbonyl (C=O) groups excluding carboxylic acids is 2. The van der Waals surface area contributed by atoms with Gasteiger partial charge in [-0.05, 0) is 24.4 Å². The third kappa shape index (κ3) is 8.17. The number of hydrogen-bond acceptors (Lipinski definition) is 9. The summed E-state index contributed by atoms with van der Waals surface area (Å²) in [6.07, 6.45) is 4.36. The molecule has 2 aromatic rings. The predicted molar refractivity (Wildman–Crippen MR) is 149 cm³/mol. The van der Waals surface area contributed by atoms with Crippen molar-refractivity contribution < 1.29 is 23.5 Å². The van der Waals surface area contributed by atoms with E-state index in [1.807, 2.05) is 35.2 Å². The van der Waals surface area contributed by atoms with Gasteiger partial charge in [-0.2, -0.15) is 14.4 Å². The maximum atomic E-state index is 15.5. The normalized spacial score (nSPS) is 16.8. The van der Waals surface area contributed by atoms with Crippen molar-refractivity contribution in [2.45, 2.75) is 45.6 Å². The van der Waals surface area contributed by atoms with E-state index in [1.54, 1.807) is 0 Å². The van der Waals surface area contributed by atoms with Crippen LogP contribution >= 0.6 is 0 Å². The zero-order valence-corrected chi connectivity index (χ0v) is 23.3. The van der Waals surface area contributed by atoms with Gasteiger partial charge in [-0.1, -0.05) is 62.9 Å². The number of carbonyl (C=O) groups is 2. The first-order valence-corrected chi connectivity index (χ1v) is 14.1. The number of piperazine rings is 1. The molecule has 4 rings (SSSR count).